The predicted octanol–water partition coefficient (Wildman–Crippen LogP) is 4.50. The van der Waals surface area contributed by atoms with E-state index in [1.54, 1.807) is 7.11 Å². The number of nitrogens with zero attached hydrogens (tertiary/aromatic N) is 1. The number of methoxy groups -OCH3 is 1. The molecule has 0 radical (unpaired) electrons. The van der Waals surface area contributed by atoms with Gasteiger partial charge in [0.25, 0.3) is 0 Å². The molecule has 1 aliphatic carbocycles. The summed E-state index contributed by atoms with van der Waals surface area (Å²) in [6.45, 7) is 5.40. The molecule has 1 aliphatic heterocycles. The fourth-order valence-corrected chi connectivity index (χ4v) is 4.72. The third-order valence-corrected chi connectivity index (χ3v) is 5.80. The topological polar surface area (TPSA) is 50.8 Å². The number of thiocarbonyl (C=S) groups is 1. The van der Waals surface area contributed by atoms with Crippen LogP contribution in [0.4, 0.5) is 0 Å². The Labute approximate surface area is 174 Å². The number of carbonyl (C=O) groups is 1. The van der Waals surface area contributed by atoms with E-state index in [1.807, 2.05) is 19.1 Å². The Balaban J connectivity index is 2.11. The summed E-state index contributed by atoms with van der Waals surface area (Å²) in [6, 6.07) is 3.65. The molecule has 0 saturated carbocycles. The molecule has 146 valence electrons. The Morgan fingerprint density at radius 1 is 1.33 bits per heavy atom. The number of halogens is 1. The second kappa shape index (κ2) is 8.61. The first kappa shape index (κ1) is 20.1. The average Bonchev–Trinajstić information content (AvgIpc) is 2.64. The highest BCUT2D eigenvalue weighted by Gasteiger charge is 2.37. The number of ketones is 1. The third-order valence-electron chi connectivity index (χ3n) is 4.87. The van der Waals surface area contributed by atoms with Crippen molar-refractivity contribution in [3.05, 3.63) is 33.4 Å². The van der Waals surface area contributed by atoms with Crippen molar-refractivity contribution in [2.45, 2.75) is 45.6 Å². The Morgan fingerprint density at radius 3 is 2.78 bits per heavy atom. The minimum absolute atomic E-state index is 0.197. The van der Waals surface area contributed by atoms with Gasteiger partial charge in [-0.1, -0.05) is 6.92 Å². The first-order chi connectivity index (χ1) is 13.0. The highest BCUT2D eigenvalue weighted by atomic mass is 79.9. The summed E-state index contributed by atoms with van der Waals surface area (Å²) >= 11 is 9.22. The number of hydrogen-bond acceptors (Lipinski definition) is 4. The van der Waals surface area contributed by atoms with Crippen LogP contribution in [0.2, 0.25) is 0 Å². The second-order valence-corrected chi connectivity index (χ2v) is 7.88. The lowest BCUT2D eigenvalue weighted by molar-refractivity contribution is -0.116. The summed E-state index contributed by atoms with van der Waals surface area (Å²) in [5.74, 6) is 1.50. The fraction of sp³-hybridized carbons (Fsp3) is 0.500. The Hall–Kier alpha value is -1.60. The molecule has 27 heavy (non-hydrogen) atoms. The van der Waals surface area contributed by atoms with E-state index in [9.17, 15) is 4.79 Å². The predicted molar refractivity (Wildman–Crippen MR) is 113 cm³/mol. The quantitative estimate of drug-likeness (QED) is 0.640. The molecule has 0 fully saturated rings. The zero-order chi connectivity index (χ0) is 19.6. The molecule has 1 heterocycles. The monoisotopic (exact) mass is 452 g/mol. The summed E-state index contributed by atoms with van der Waals surface area (Å²) in [5.41, 5.74) is 2.85. The van der Waals surface area contributed by atoms with Gasteiger partial charge in [0.15, 0.2) is 22.4 Å². The number of allylic oxidation sites excluding steroid dienone is 1. The van der Waals surface area contributed by atoms with Crippen LogP contribution in [0.3, 0.4) is 0 Å². The van der Waals surface area contributed by atoms with Gasteiger partial charge in [-0.25, -0.2) is 0 Å². The van der Waals surface area contributed by atoms with Gasteiger partial charge in [0.1, 0.15) is 0 Å². The number of hydrogen-bond donors (Lipinski definition) is 1. The summed E-state index contributed by atoms with van der Waals surface area (Å²) in [6.07, 6.45) is 3.32. The minimum atomic E-state index is -0.269. The van der Waals surface area contributed by atoms with Gasteiger partial charge in [-0.15, -0.1) is 0 Å². The lowest BCUT2D eigenvalue weighted by atomic mass is 9.84. The summed E-state index contributed by atoms with van der Waals surface area (Å²) in [5, 5.41) is 4.07. The fourth-order valence-electron chi connectivity index (χ4n) is 3.78. The number of benzene rings is 1. The van der Waals surface area contributed by atoms with E-state index in [-0.39, 0.29) is 11.8 Å². The molecule has 0 aromatic heterocycles. The molecule has 2 aliphatic rings. The average molecular weight is 453 g/mol. The van der Waals surface area contributed by atoms with Crippen LogP contribution in [0.25, 0.3) is 0 Å². The van der Waals surface area contributed by atoms with Crippen LogP contribution < -0.4 is 14.8 Å². The Morgan fingerprint density at radius 2 is 2.11 bits per heavy atom. The van der Waals surface area contributed by atoms with Crippen molar-refractivity contribution in [1.82, 2.24) is 10.2 Å². The molecular weight excluding hydrogens is 428 g/mol. The van der Waals surface area contributed by atoms with Gasteiger partial charge in [0.05, 0.1) is 24.2 Å². The van der Waals surface area contributed by atoms with Crippen molar-refractivity contribution >= 4 is 39.0 Å². The van der Waals surface area contributed by atoms with Crippen molar-refractivity contribution in [2.75, 3.05) is 20.3 Å². The van der Waals surface area contributed by atoms with E-state index in [2.05, 4.69) is 33.1 Å². The van der Waals surface area contributed by atoms with E-state index < -0.39 is 0 Å². The van der Waals surface area contributed by atoms with Gasteiger partial charge in [-0.2, -0.15) is 0 Å². The number of Topliss-reactive ketones (excluding diaryl/α,β-unsaturated/α-hetero) is 1. The molecule has 1 atom stereocenters. The molecule has 3 rings (SSSR count). The number of nitrogens with one attached hydrogen (secondary N) is 1. The SMILES string of the molecule is CCCN1C(=S)NC(c2cc(Br)c(OC)c(OCC)c2)C2=C1CCCC2=O. The van der Waals surface area contributed by atoms with E-state index in [0.717, 1.165) is 47.1 Å². The van der Waals surface area contributed by atoms with Crippen molar-refractivity contribution in [3.8, 4) is 11.5 Å². The minimum Gasteiger partial charge on any atom is -0.492 e. The van der Waals surface area contributed by atoms with Gasteiger partial charge in [0, 0.05) is 24.2 Å². The molecule has 0 amide bonds. The largest absolute Gasteiger partial charge is 0.492 e. The molecule has 0 spiro atoms. The Kier molecular flexibility index (Phi) is 6.42. The van der Waals surface area contributed by atoms with Crippen LogP contribution in [0.15, 0.2) is 27.9 Å². The molecule has 7 heteroatoms. The second-order valence-electron chi connectivity index (χ2n) is 6.64. The first-order valence-electron chi connectivity index (χ1n) is 9.36. The summed E-state index contributed by atoms with van der Waals surface area (Å²) in [7, 11) is 1.62. The molecule has 0 bridgehead atoms. The number of carbonyl (C=O) groups excluding carboxylic acids is 1. The standard InChI is InChI=1S/C20H25BrN2O3S/c1-4-9-23-14-7-6-8-15(24)17(14)18(22-20(23)27)12-10-13(21)19(25-3)16(11-12)26-5-2/h10-11,18H,4-9H2,1-3H3,(H,22,27). The summed E-state index contributed by atoms with van der Waals surface area (Å²) in [4.78, 5) is 14.9. The van der Waals surface area contributed by atoms with Crippen LogP contribution in [0.1, 0.15) is 51.1 Å². The van der Waals surface area contributed by atoms with Gasteiger partial charge >= 0.3 is 0 Å². The number of ether oxygens (including phenoxy) is 2. The maximum absolute atomic E-state index is 12.9. The van der Waals surface area contributed by atoms with Crippen LogP contribution >= 0.6 is 28.1 Å². The molecule has 1 N–H and O–H groups in total. The van der Waals surface area contributed by atoms with Gasteiger partial charge in [-0.3, -0.25) is 4.79 Å². The van der Waals surface area contributed by atoms with Gasteiger partial charge in [-0.05, 0) is 72.0 Å². The summed E-state index contributed by atoms with van der Waals surface area (Å²) < 4.78 is 12.0. The molecular formula is C20H25BrN2O3S. The maximum Gasteiger partial charge on any atom is 0.174 e. The maximum atomic E-state index is 12.9. The van der Waals surface area contributed by atoms with E-state index in [4.69, 9.17) is 21.7 Å². The van der Waals surface area contributed by atoms with Gasteiger partial charge < -0.3 is 19.7 Å². The van der Waals surface area contributed by atoms with E-state index >= 15 is 0 Å². The zero-order valence-corrected chi connectivity index (χ0v) is 18.3. The molecule has 5 nitrogen and oxygen atoms in total. The van der Waals surface area contributed by atoms with Crippen LogP contribution in [-0.2, 0) is 4.79 Å². The molecule has 1 unspecified atom stereocenters. The van der Waals surface area contributed by atoms with Crippen LogP contribution in [0.5, 0.6) is 11.5 Å². The third kappa shape index (κ3) is 3.85. The highest BCUT2D eigenvalue weighted by molar-refractivity contribution is 9.10. The highest BCUT2D eigenvalue weighted by Crippen LogP contribution is 2.42. The lowest BCUT2D eigenvalue weighted by Crippen LogP contribution is -2.49. The lowest BCUT2D eigenvalue weighted by Gasteiger charge is -2.41. The van der Waals surface area contributed by atoms with E-state index in [0.29, 0.717) is 29.6 Å². The molecule has 1 aromatic carbocycles. The van der Waals surface area contributed by atoms with Crippen LogP contribution in [-0.4, -0.2) is 36.1 Å². The molecule has 0 saturated heterocycles. The Bertz CT molecular complexity index is 794. The van der Waals surface area contributed by atoms with Crippen molar-refractivity contribution in [1.29, 1.82) is 0 Å². The number of rotatable bonds is 6. The van der Waals surface area contributed by atoms with Gasteiger partial charge in [0.2, 0.25) is 0 Å². The first-order valence-corrected chi connectivity index (χ1v) is 10.6. The van der Waals surface area contributed by atoms with Crippen molar-refractivity contribution in [2.24, 2.45) is 0 Å². The molecule has 1 aromatic rings. The zero-order valence-electron chi connectivity index (χ0n) is 15.9. The van der Waals surface area contributed by atoms with Crippen molar-refractivity contribution < 1.29 is 14.3 Å². The smallest absolute Gasteiger partial charge is 0.174 e. The van der Waals surface area contributed by atoms with Crippen LogP contribution in [0, 0.1) is 0 Å². The van der Waals surface area contributed by atoms with E-state index in [1.165, 1.54) is 0 Å². The normalized spacial score (nSPS) is 19.7. The van der Waals surface area contributed by atoms with Crippen molar-refractivity contribution in [3.63, 3.8) is 0 Å².